The quantitative estimate of drug-likeness (QED) is 0.742. The molecule has 1 aromatic heterocycles. The van der Waals surface area contributed by atoms with Crippen LogP contribution in [0.15, 0.2) is 24.3 Å². The third-order valence-electron chi connectivity index (χ3n) is 6.58. The molecule has 1 N–H and O–H groups in total. The zero-order valence-electron chi connectivity index (χ0n) is 18.6. The summed E-state index contributed by atoms with van der Waals surface area (Å²) in [5, 5.41) is 3.23. The molecule has 0 bridgehead atoms. The predicted molar refractivity (Wildman–Crippen MR) is 120 cm³/mol. The molecule has 4 rings (SSSR count). The lowest BCUT2D eigenvalue weighted by Crippen LogP contribution is -2.58. The first kappa shape index (κ1) is 21.5. The van der Waals surface area contributed by atoms with Crippen molar-refractivity contribution in [2.24, 2.45) is 7.05 Å². The van der Waals surface area contributed by atoms with Gasteiger partial charge in [-0.15, -0.1) is 0 Å². The maximum atomic E-state index is 13.1. The van der Waals surface area contributed by atoms with Gasteiger partial charge in [0.15, 0.2) is 0 Å². The number of aryl methyl sites for hydroxylation is 1. The fraction of sp³-hybridized carbons (Fsp3) is 0.609. The summed E-state index contributed by atoms with van der Waals surface area (Å²) in [6.45, 7) is 4.90. The lowest BCUT2D eigenvalue weighted by atomic mass is 9.79. The third kappa shape index (κ3) is 4.62. The largest absolute Gasteiger partial charge is 0.466 e. The fourth-order valence-electron chi connectivity index (χ4n) is 4.89. The van der Waals surface area contributed by atoms with Gasteiger partial charge in [-0.3, -0.25) is 4.79 Å². The van der Waals surface area contributed by atoms with Crippen LogP contribution in [-0.2, 0) is 16.6 Å². The van der Waals surface area contributed by atoms with Gasteiger partial charge >= 0.3 is 12.0 Å². The topological polar surface area (TPSA) is 79.7 Å². The highest BCUT2D eigenvalue weighted by Crippen LogP contribution is 2.32. The summed E-state index contributed by atoms with van der Waals surface area (Å²) < 4.78 is 7.29. The first-order valence-electron chi connectivity index (χ1n) is 11.4. The lowest BCUT2D eigenvalue weighted by molar-refractivity contribution is -0.145. The average Bonchev–Trinajstić information content (AvgIpc) is 3.11. The molecule has 0 radical (unpaired) electrons. The monoisotopic (exact) mass is 427 g/mol. The third-order valence-corrected chi connectivity index (χ3v) is 6.58. The van der Waals surface area contributed by atoms with Crippen molar-refractivity contribution < 1.29 is 14.3 Å². The average molecular weight is 428 g/mol. The highest BCUT2D eigenvalue weighted by atomic mass is 16.5. The second-order valence-electron chi connectivity index (χ2n) is 8.69. The Morgan fingerprint density at radius 3 is 2.48 bits per heavy atom. The molecule has 8 heteroatoms. The Morgan fingerprint density at radius 1 is 1.10 bits per heavy atom. The van der Waals surface area contributed by atoms with Gasteiger partial charge in [-0.25, -0.2) is 9.78 Å². The number of benzene rings is 1. The van der Waals surface area contributed by atoms with Crippen LogP contribution in [0.3, 0.4) is 0 Å². The number of carbonyl (C=O) groups excluding carboxylic acids is 2. The van der Waals surface area contributed by atoms with Gasteiger partial charge in [0.25, 0.3) is 0 Å². The van der Waals surface area contributed by atoms with E-state index in [1.165, 1.54) is 0 Å². The van der Waals surface area contributed by atoms with Crippen molar-refractivity contribution in [3.63, 3.8) is 0 Å². The Kier molecular flexibility index (Phi) is 6.34. The number of rotatable bonds is 5. The number of piperazine rings is 1. The van der Waals surface area contributed by atoms with Gasteiger partial charge in [0.1, 0.15) is 0 Å². The van der Waals surface area contributed by atoms with Crippen LogP contribution in [0.5, 0.6) is 0 Å². The van der Waals surface area contributed by atoms with Crippen molar-refractivity contribution in [1.29, 1.82) is 0 Å². The number of hydrogen-bond acceptors (Lipinski definition) is 5. The molecular weight excluding hydrogens is 394 g/mol. The van der Waals surface area contributed by atoms with E-state index in [0.717, 1.165) is 62.2 Å². The summed E-state index contributed by atoms with van der Waals surface area (Å²) in [6, 6.07) is 8.04. The second kappa shape index (κ2) is 9.16. The van der Waals surface area contributed by atoms with Gasteiger partial charge in [-0.1, -0.05) is 31.4 Å². The standard InChI is InChI=1S/C23H33N5O3/c1-3-31-20(29)17-23(11-7-4-8-12-23)25-22(30)28-15-13-27(14-16-28)21-24-18-9-5-6-10-19(18)26(21)2/h5-6,9-10H,3-4,7-8,11-17H2,1-2H3,(H,25,30). The molecule has 1 aliphatic carbocycles. The maximum absolute atomic E-state index is 13.1. The molecule has 2 aromatic rings. The number of para-hydroxylation sites is 2. The van der Waals surface area contributed by atoms with Gasteiger partial charge in [-0.2, -0.15) is 0 Å². The molecule has 1 saturated carbocycles. The van der Waals surface area contributed by atoms with Gasteiger partial charge < -0.3 is 24.4 Å². The molecule has 0 spiro atoms. The van der Waals surface area contributed by atoms with Crippen molar-refractivity contribution in [2.75, 3.05) is 37.7 Å². The van der Waals surface area contributed by atoms with Gasteiger partial charge in [-0.05, 0) is 31.9 Å². The highest BCUT2D eigenvalue weighted by Gasteiger charge is 2.38. The fourth-order valence-corrected chi connectivity index (χ4v) is 4.89. The number of urea groups is 1. The number of esters is 1. The number of hydrogen-bond donors (Lipinski definition) is 1. The second-order valence-corrected chi connectivity index (χ2v) is 8.69. The summed E-state index contributed by atoms with van der Waals surface area (Å²) >= 11 is 0. The molecule has 2 heterocycles. The van der Waals surface area contributed by atoms with Crippen molar-refractivity contribution in [3.05, 3.63) is 24.3 Å². The number of amides is 2. The SMILES string of the molecule is CCOC(=O)CC1(NC(=O)N2CCN(c3nc4ccccc4n3C)CC2)CCCCC1. The first-order valence-corrected chi connectivity index (χ1v) is 11.4. The van der Waals surface area contributed by atoms with Gasteiger partial charge in [0, 0.05) is 33.2 Å². The molecule has 1 aromatic carbocycles. The Morgan fingerprint density at radius 2 is 1.81 bits per heavy atom. The van der Waals surface area contributed by atoms with Crippen LogP contribution in [-0.4, -0.2) is 64.8 Å². The summed E-state index contributed by atoms with van der Waals surface area (Å²) in [5.74, 6) is 0.712. The number of nitrogens with one attached hydrogen (secondary N) is 1. The van der Waals surface area contributed by atoms with Crippen molar-refractivity contribution in [2.45, 2.75) is 51.0 Å². The first-order chi connectivity index (χ1) is 15.0. The van der Waals surface area contributed by atoms with E-state index < -0.39 is 5.54 Å². The maximum Gasteiger partial charge on any atom is 0.317 e. The molecular formula is C23H33N5O3. The summed E-state index contributed by atoms with van der Waals surface area (Å²) in [4.78, 5) is 34.1. The molecule has 2 fully saturated rings. The van der Waals surface area contributed by atoms with Crippen molar-refractivity contribution in [3.8, 4) is 0 Å². The van der Waals surface area contributed by atoms with Crippen LogP contribution in [0, 0.1) is 0 Å². The molecule has 1 aliphatic heterocycles. The van der Waals surface area contributed by atoms with Gasteiger partial charge in [0.2, 0.25) is 5.95 Å². The van der Waals surface area contributed by atoms with Crippen molar-refractivity contribution >= 4 is 29.0 Å². The van der Waals surface area contributed by atoms with E-state index in [4.69, 9.17) is 9.72 Å². The molecule has 1 saturated heterocycles. The zero-order valence-corrected chi connectivity index (χ0v) is 18.6. The van der Waals surface area contributed by atoms with E-state index in [2.05, 4.69) is 20.9 Å². The minimum absolute atomic E-state index is 0.0733. The minimum Gasteiger partial charge on any atom is -0.466 e. The summed E-state index contributed by atoms with van der Waals surface area (Å²) in [7, 11) is 2.03. The van der Waals surface area contributed by atoms with E-state index in [1.807, 2.05) is 37.1 Å². The molecule has 31 heavy (non-hydrogen) atoms. The molecule has 8 nitrogen and oxygen atoms in total. The molecule has 0 atom stereocenters. The smallest absolute Gasteiger partial charge is 0.317 e. The normalized spacial score (nSPS) is 18.8. The van der Waals surface area contributed by atoms with Gasteiger partial charge in [0.05, 0.1) is 29.6 Å². The van der Waals surface area contributed by atoms with E-state index in [1.54, 1.807) is 0 Å². The van der Waals surface area contributed by atoms with Crippen molar-refractivity contribution in [1.82, 2.24) is 19.8 Å². The number of ether oxygens (including phenoxy) is 1. The van der Waals surface area contributed by atoms with E-state index >= 15 is 0 Å². The van der Waals surface area contributed by atoms with Crippen LogP contribution in [0.2, 0.25) is 0 Å². The van der Waals surface area contributed by atoms with E-state index in [-0.39, 0.29) is 18.4 Å². The number of nitrogens with zero attached hydrogens (tertiary/aromatic N) is 4. The highest BCUT2D eigenvalue weighted by molar-refractivity contribution is 5.79. The predicted octanol–water partition coefficient (Wildman–Crippen LogP) is 3.06. The molecule has 0 unspecified atom stereocenters. The lowest BCUT2D eigenvalue weighted by Gasteiger charge is -2.41. The number of carbonyl (C=O) groups is 2. The van der Waals surface area contributed by atoms with Crippen LogP contribution in [0.25, 0.3) is 11.0 Å². The molecule has 2 amide bonds. The Balaban J connectivity index is 1.38. The number of anilines is 1. The summed E-state index contributed by atoms with van der Waals surface area (Å²) in [5.41, 5.74) is 1.62. The Bertz CT molecular complexity index is 926. The molecule has 168 valence electrons. The number of fused-ring (bicyclic) bond motifs is 1. The van der Waals surface area contributed by atoms with Crippen LogP contribution in [0.4, 0.5) is 10.7 Å². The Hall–Kier alpha value is -2.77. The molecule has 2 aliphatic rings. The van der Waals surface area contributed by atoms with Crippen LogP contribution in [0.1, 0.15) is 45.4 Å². The number of aromatic nitrogens is 2. The van der Waals surface area contributed by atoms with Crippen LogP contribution < -0.4 is 10.2 Å². The van der Waals surface area contributed by atoms with E-state index in [9.17, 15) is 9.59 Å². The van der Waals surface area contributed by atoms with Crippen LogP contribution >= 0.6 is 0 Å². The Labute approximate surface area is 183 Å². The minimum atomic E-state index is -0.476. The number of imidazole rings is 1. The zero-order chi connectivity index (χ0) is 21.8. The van der Waals surface area contributed by atoms with E-state index in [0.29, 0.717) is 19.7 Å². The summed E-state index contributed by atoms with van der Waals surface area (Å²) in [6.07, 6.45) is 5.12.